The van der Waals surface area contributed by atoms with E-state index in [4.69, 9.17) is 12.2 Å². The van der Waals surface area contributed by atoms with Gasteiger partial charge in [-0.25, -0.2) is 0 Å². The zero-order valence-corrected chi connectivity index (χ0v) is 8.51. The van der Waals surface area contributed by atoms with Gasteiger partial charge in [-0.3, -0.25) is 4.79 Å². The van der Waals surface area contributed by atoms with E-state index in [-0.39, 0.29) is 5.78 Å². The fraction of sp³-hybridized carbons (Fsp3) is 0.167. The minimum atomic E-state index is 0.179. The van der Waals surface area contributed by atoms with Crippen LogP contribution in [0, 0.1) is 0 Å². The topological polar surface area (TPSA) is 17.1 Å². The van der Waals surface area contributed by atoms with Crippen molar-refractivity contribution < 1.29 is 4.79 Å². The molecule has 1 saturated carbocycles. The third-order valence-electron chi connectivity index (χ3n) is 2.24. The molecule has 2 rings (SSSR count). The normalized spacial score (nSPS) is 19.3. The highest BCUT2D eigenvalue weighted by Crippen LogP contribution is 2.21. The summed E-state index contributed by atoms with van der Waals surface area (Å²) < 4.78 is 0. The lowest BCUT2D eigenvalue weighted by molar-refractivity contribution is -0.113. The van der Waals surface area contributed by atoms with Crippen LogP contribution in [0.25, 0.3) is 6.08 Å². The summed E-state index contributed by atoms with van der Waals surface area (Å²) in [7, 11) is 0. The Kier molecular flexibility index (Phi) is 2.55. The van der Waals surface area contributed by atoms with Crippen molar-refractivity contribution in [2.75, 3.05) is 0 Å². The van der Waals surface area contributed by atoms with E-state index in [0.29, 0.717) is 12.8 Å². The second-order valence-corrected chi connectivity index (χ2v) is 3.97. The van der Waals surface area contributed by atoms with Crippen LogP contribution in [0.5, 0.6) is 0 Å². The van der Waals surface area contributed by atoms with E-state index in [1.165, 1.54) is 0 Å². The monoisotopic (exact) mass is 202 g/mol. The molecule has 1 fully saturated rings. The van der Waals surface area contributed by atoms with Gasteiger partial charge in [0.2, 0.25) is 0 Å². The van der Waals surface area contributed by atoms with Crippen LogP contribution in [-0.2, 0) is 4.79 Å². The van der Waals surface area contributed by atoms with E-state index in [9.17, 15) is 4.79 Å². The first-order valence-electron chi connectivity index (χ1n) is 4.56. The Labute approximate surface area is 88.4 Å². The predicted molar refractivity (Wildman–Crippen MR) is 61.3 cm³/mol. The molecule has 1 aromatic carbocycles. The van der Waals surface area contributed by atoms with Gasteiger partial charge in [0, 0.05) is 23.3 Å². The van der Waals surface area contributed by atoms with Crippen LogP contribution in [0.1, 0.15) is 18.4 Å². The van der Waals surface area contributed by atoms with E-state index in [1.54, 1.807) is 0 Å². The molecule has 0 bridgehead atoms. The molecule has 1 aliphatic carbocycles. The first-order valence-corrected chi connectivity index (χ1v) is 4.97. The van der Waals surface area contributed by atoms with Crippen LogP contribution in [0.2, 0.25) is 0 Å². The van der Waals surface area contributed by atoms with Gasteiger partial charge in [0.15, 0.2) is 5.78 Å². The number of carbonyl (C=O) groups excluding carboxylic acids is 1. The molecular formula is C12H10OS. The van der Waals surface area contributed by atoms with Gasteiger partial charge in [0.25, 0.3) is 0 Å². The standard InChI is InChI=1S/C12H10OS/c13-12-8-11(14)7-10(12)6-9-4-2-1-3-5-9/h1-6H,7-8H2/b10-6-. The highest BCUT2D eigenvalue weighted by Gasteiger charge is 2.21. The molecule has 0 spiro atoms. The summed E-state index contributed by atoms with van der Waals surface area (Å²) in [5.41, 5.74) is 1.92. The molecule has 0 unspecified atom stereocenters. The quantitative estimate of drug-likeness (QED) is 0.514. The number of hydrogen-bond acceptors (Lipinski definition) is 2. The second kappa shape index (κ2) is 3.84. The molecule has 1 aromatic rings. The van der Waals surface area contributed by atoms with Gasteiger partial charge in [0.1, 0.15) is 0 Å². The highest BCUT2D eigenvalue weighted by atomic mass is 32.1. The summed E-state index contributed by atoms with van der Waals surface area (Å²) in [5, 5.41) is 0. The molecule has 1 nitrogen and oxygen atoms in total. The fourth-order valence-electron chi connectivity index (χ4n) is 1.55. The third-order valence-corrected chi connectivity index (χ3v) is 2.53. The minimum Gasteiger partial charge on any atom is -0.294 e. The first kappa shape index (κ1) is 9.28. The highest BCUT2D eigenvalue weighted by molar-refractivity contribution is 7.80. The molecule has 0 amide bonds. The number of carbonyl (C=O) groups is 1. The molecule has 1 aliphatic rings. The van der Waals surface area contributed by atoms with Gasteiger partial charge in [0.05, 0.1) is 0 Å². The summed E-state index contributed by atoms with van der Waals surface area (Å²) in [4.78, 5) is 12.3. The maximum Gasteiger partial charge on any atom is 0.164 e. The van der Waals surface area contributed by atoms with E-state index in [1.807, 2.05) is 36.4 Å². The van der Waals surface area contributed by atoms with Crippen molar-refractivity contribution in [1.82, 2.24) is 0 Å². The molecule has 0 saturated heterocycles. The van der Waals surface area contributed by atoms with Crippen LogP contribution in [0.15, 0.2) is 35.9 Å². The van der Waals surface area contributed by atoms with Crippen molar-refractivity contribution in [2.45, 2.75) is 12.8 Å². The largest absolute Gasteiger partial charge is 0.294 e. The number of benzene rings is 1. The lowest BCUT2D eigenvalue weighted by Crippen LogP contribution is -1.91. The van der Waals surface area contributed by atoms with Crippen molar-refractivity contribution >= 4 is 28.9 Å². The van der Waals surface area contributed by atoms with Crippen molar-refractivity contribution in [1.29, 1.82) is 0 Å². The number of allylic oxidation sites excluding steroid dienone is 1. The SMILES string of the molecule is O=C1CC(=S)C/C1=C/c1ccccc1. The van der Waals surface area contributed by atoms with Crippen LogP contribution >= 0.6 is 12.2 Å². The second-order valence-electron chi connectivity index (χ2n) is 3.40. The zero-order chi connectivity index (χ0) is 9.97. The first-order chi connectivity index (χ1) is 6.75. The molecular weight excluding hydrogens is 192 g/mol. The molecule has 0 N–H and O–H groups in total. The molecule has 70 valence electrons. The zero-order valence-electron chi connectivity index (χ0n) is 7.69. The number of thiocarbonyl (C=S) groups is 1. The molecule has 2 heteroatoms. The number of hydrogen-bond donors (Lipinski definition) is 0. The van der Waals surface area contributed by atoms with Crippen LogP contribution < -0.4 is 0 Å². The van der Waals surface area contributed by atoms with Crippen LogP contribution in [0.4, 0.5) is 0 Å². The number of Topliss-reactive ketones (excluding diaryl/α,β-unsaturated/α-hetero) is 1. The molecule has 0 atom stereocenters. The summed E-state index contributed by atoms with van der Waals surface area (Å²) in [5.74, 6) is 0.179. The summed E-state index contributed by atoms with van der Waals surface area (Å²) in [6.07, 6.45) is 3.05. The van der Waals surface area contributed by atoms with Crippen LogP contribution in [0.3, 0.4) is 0 Å². The molecule has 0 aromatic heterocycles. The van der Waals surface area contributed by atoms with Crippen molar-refractivity contribution in [2.24, 2.45) is 0 Å². The average molecular weight is 202 g/mol. The molecule has 0 radical (unpaired) electrons. The van der Waals surface area contributed by atoms with Crippen molar-refractivity contribution in [3.63, 3.8) is 0 Å². The molecule has 0 heterocycles. The fourth-order valence-corrected chi connectivity index (χ4v) is 1.83. The Balaban J connectivity index is 2.28. The van der Waals surface area contributed by atoms with Gasteiger partial charge >= 0.3 is 0 Å². The summed E-state index contributed by atoms with van der Waals surface area (Å²) in [6.45, 7) is 0. The van der Waals surface area contributed by atoms with E-state index in [0.717, 1.165) is 16.0 Å². The van der Waals surface area contributed by atoms with E-state index < -0.39 is 0 Å². The number of ketones is 1. The smallest absolute Gasteiger partial charge is 0.164 e. The Hall–Kier alpha value is -1.28. The van der Waals surface area contributed by atoms with E-state index >= 15 is 0 Å². The molecule has 14 heavy (non-hydrogen) atoms. The Morgan fingerprint density at radius 2 is 1.86 bits per heavy atom. The summed E-state index contributed by atoms with van der Waals surface area (Å²) in [6, 6.07) is 9.86. The van der Waals surface area contributed by atoms with Gasteiger partial charge in [-0.2, -0.15) is 0 Å². The summed E-state index contributed by atoms with van der Waals surface area (Å²) >= 11 is 5.03. The van der Waals surface area contributed by atoms with Gasteiger partial charge < -0.3 is 0 Å². The van der Waals surface area contributed by atoms with Gasteiger partial charge in [-0.1, -0.05) is 42.5 Å². The maximum absolute atomic E-state index is 11.4. The third kappa shape index (κ3) is 1.96. The maximum atomic E-state index is 11.4. The lowest BCUT2D eigenvalue weighted by atomic mass is 10.1. The minimum absolute atomic E-state index is 0.179. The predicted octanol–water partition coefficient (Wildman–Crippen LogP) is 2.80. The lowest BCUT2D eigenvalue weighted by Gasteiger charge is -1.94. The van der Waals surface area contributed by atoms with Gasteiger partial charge in [-0.05, 0) is 11.6 Å². The Morgan fingerprint density at radius 1 is 1.14 bits per heavy atom. The molecule has 0 aliphatic heterocycles. The average Bonchev–Trinajstić information content (AvgIpc) is 2.47. The van der Waals surface area contributed by atoms with Crippen molar-refractivity contribution in [3.05, 3.63) is 41.5 Å². The van der Waals surface area contributed by atoms with Crippen LogP contribution in [-0.4, -0.2) is 10.6 Å². The van der Waals surface area contributed by atoms with E-state index in [2.05, 4.69) is 0 Å². The van der Waals surface area contributed by atoms with Gasteiger partial charge in [-0.15, -0.1) is 0 Å². The number of rotatable bonds is 1. The van der Waals surface area contributed by atoms with Crippen molar-refractivity contribution in [3.8, 4) is 0 Å². The Bertz CT molecular complexity index is 404. The Morgan fingerprint density at radius 3 is 2.43 bits per heavy atom.